The lowest BCUT2D eigenvalue weighted by Crippen LogP contribution is -2.35. The first-order chi connectivity index (χ1) is 11.0. The van der Waals surface area contributed by atoms with Crippen LogP contribution >= 0.6 is 0 Å². The normalized spacial score (nSPS) is 14.3. The third-order valence-electron chi connectivity index (χ3n) is 3.73. The number of carbonyl (C=O) groups is 3. The highest BCUT2D eigenvalue weighted by molar-refractivity contribution is 5.96. The van der Waals surface area contributed by atoms with Gasteiger partial charge in [-0.05, 0) is 30.2 Å². The lowest BCUT2D eigenvalue weighted by Gasteiger charge is -2.15. The Hall–Kier alpha value is -2.63. The van der Waals surface area contributed by atoms with Crippen molar-refractivity contribution in [3.05, 3.63) is 35.9 Å². The highest BCUT2D eigenvalue weighted by Gasteiger charge is 2.21. The molecule has 0 atom stereocenters. The number of nitrogens with zero attached hydrogens (tertiary/aromatic N) is 2. The highest BCUT2D eigenvalue weighted by atomic mass is 16.2. The minimum absolute atomic E-state index is 0.0235. The first-order valence-electron chi connectivity index (χ1n) is 7.55. The number of hydrogen-bond acceptors (Lipinski definition) is 3. The molecule has 0 aromatic heterocycles. The second-order valence-electron chi connectivity index (χ2n) is 5.44. The fraction of sp³-hybridized carbons (Fsp3) is 0.353. The number of carbonyl (C=O) groups excluding carboxylic acids is 3. The molecule has 1 aliphatic rings. The molecule has 1 aliphatic heterocycles. The van der Waals surface area contributed by atoms with Crippen molar-refractivity contribution in [2.24, 2.45) is 0 Å². The van der Waals surface area contributed by atoms with Gasteiger partial charge >= 0.3 is 0 Å². The molecule has 1 N–H and O–H groups in total. The average Bonchev–Trinajstić information content (AvgIpc) is 2.98. The van der Waals surface area contributed by atoms with Gasteiger partial charge in [0.05, 0.1) is 6.54 Å². The minimum Gasteiger partial charge on any atom is -0.358 e. The number of hydrogen-bond donors (Lipinski definition) is 1. The maximum Gasteiger partial charge on any atom is 0.246 e. The molecule has 0 bridgehead atoms. The molecule has 1 heterocycles. The summed E-state index contributed by atoms with van der Waals surface area (Å²) >= 11 is 0. The van der Waals surface area contributed by atoms with Crippen molar-refractivity contribution < 1.29 is 14.4 Å². The molecule has 0 unspecified atom stereocenters. The zero-order valence-corrected chi connectivity index (χ0v) is 13.4. The summed E-state index contributed by atoms with van der Waals surface area (Å²) in [4.78, 5) is 37.9. The third-order valence-corrected chi connectivity index (χ3v) is 3.73. The predicted octanol–water partition coefficient (Wildman–Crippen LogP) is 1.03. The van der Waals surface area contributed by atoms with Crippen LogP contribution in [0.2, 0.25) is 0 Å². The molecule has 1 aromatic carbocycles. The molecule has 1 saturated heterocycles. The van der Waals surface area contributed by atoms with E-state index in [-0.39, 0.29) is 24.3 Å². The summed E-state index contributed by atoms with van der Waals surface area (Å²) in [5.41, 5.74) is 1.75. The first-order valence-corrected chi connectivity index (χ1v) is 7.55. The Balaban J connectivity index is 1.96. The second-order valence-corrected chi connectivity index (χ2v) is 5.44. The summed E-state index contributed by atoms with van der Waals surface area (Å²) in [6, 6.07) is 7.48. The molecule has 0 aliphatic carbocycles. The van der Waals surface area contributed by atoms with Crippen molar-refractivity contribution in [3.63, 3.8) is 0 Å². The van der Waals surface area contributed by atoms with Crippen LogP contribution in [-0.2, 0) is 14.4 Å². The Morgan fingerprint density at radius 2 is 2.00 bits per heavy atom. The van der Waals surface area contributed by atoms with Gasteiger partial charge in [-0.25, -0.2) is 0 Å². The van der Waals surface area contributed by atoms with Gasteiger partial charge in [0.25, 0.3) is 0 Å². The van der Waals surface area contributed by atoms with E-state index in [1.165, 1.54) is 18.0 Å². The Morgan fingerprint density at radius 3 is 2.57 bits per heavy atom. The number of anilines is 1. The Morgan fingerprint density at radius 1 is 1.30 bits per heavy atom. The summed E-state index contributed by atoms with van der Waals surface area (Å²) in [6.07, 6.45) is 4.62. The van der Waals surface area contributed by atoms with E-state index in [4.69, 9.17) is 0 Å². The van der Waals surface area contributed by atoms with Gasteiger partial charge in [-0.2, -0.15) is 0 Å². The molecule has 0 saturated carbocycles. The second kappa shape index (κ2) is 7.58. The smallest absolute Gasteiger partial charge is 0.246 e. The Kier molecular flexibility index (Phi) is 5.51. The van der Waals surface area contributed by atoms with Crippen molar-refractivity contribution in [2.75, 3.05) is 32.1 Å². The zero-order valence-electron chi connectivity index (χ0n) is 13.4. The molecule has 122 valence electrons. The van der Waals surface area contributed by atoms with Gasteiger partial charge in [0.15, 0.2) is 0 Å². The van der Waals surface area contributed by atoms with E-state index in [1.54, 1.807) is 18.0 Å². The molecule has 0 radical (unpaired) electrons. The largest absolute Gasteiger partial charge is 0.358 e. The van der Waals surface area contributed by atoms with Crippen LogP contribution in [0.5, 0.6) is 0 Å². The van der Waals surface area contributed by atoms with E-state index in [1.807, 2.05) is 24.3 Å². The Labute approximate surface area is 135 Å². The molecule has 23 heavy (non-hydrogen) atoms. The lowest BCUT2D eigenvalue weighted by atomic mass is 10.2. The van der Waals surface area contributed by atoms with Gasteiger partial charge in [-0.3, -0.25) is 14.4 Å². The molecule has 6 nitrogen and oxygen atoms in total. The van der Waals surface area contributed by atoms with Crippen molar-refractivity contribution in [2.45, 2.75) is 12.8 Å². The van der Waals surface area contributed by atoms with Crippen LogP contribution in [0.15, 0.2) is 30.3 Å². The molecule has 6 heteroatoms. The molecule has 1 fully saturated rings. The van der Waals surface area contributed by atoms with Crippen LogP contribution in [0.25, 0.3) is 6.08 Å². The number of benzene rings is 1. The van der Waals surface area contributed by atoms with Crippen LogP contribution in [0.3, 0.4) is 0 Å². The maximum atomic E-state index is 11.9. The van der Waals surface area contributed by atoms with E-state index in [2.05, 4.69) is 5.32 Å². The molecular formula is C17H21N3O3. The van der Waals surface area contributed by atoms with Crippen LogP contribution < -0.4 is 10.2 Å². The molecule has 1 aromatic rings. The van der Waals surface area contributed by atoms with E-state index in [9.17, 15) is 14.4 Å². The van der Waals surface area contributed by atoms with Crippen molar-refractivity contribution in [1.82, 2.24) is 10.2 Å². The Bertz CT molecular complexity index is 622. The van der Waals surface area contributed by atoms with Crippen molar-refractivity contribution in [1.29, 1.82) is 0 Å². The van der Waals surface area contributed by atoms with E-state index < -0.39 is 0 Å². The topological polar surface area (TPSA) is 69.7 Å². The quantitative estimate of drug-likeness (QED) is 0.825. The van der Waals surface area contributed by atoms with E-state index >= 15 is 0 Å². The fourth-order valence-electron chi connectivity index (χ4n) is 2.35. The number of nitrogens with one attached hydrogen (secondary N) is 1. The lowest BCUT2D eigenvalue weighted by molar-refractivity contribution is -0.130. The van der Waals surface area contributed by atoms with Gasteiger partial charge in [-0.15, -0.1) is 0 Å². The predicted molar refractivity (Wildman–Crippen MR) is 88.8 cm³/mol. The highest BCUT2D eigenvalue weighted by Crippen LogP contribution is 2.21. The van der Waals surface area contributed by atoms with Crippen molar-refractivity contribution >= 4 is 29.5 Å². The average molecular weight is 315 g/mol. The number of likely N-dealkylation sites (N-methyl/N-ethyl adjacent to an activating group) is 2. The molecule has 3 amide bonds. The SMILES string of the molecule is CNC(=O)CN(C)C(=O)/C=C/c1ccc(N2CCCC2=O)cc1. The number of rotatable bonds is 5. The van der Waals surface area contributed by atoms with E-state index in [0.29, 0.717) is 6.42 Å². The fourth-order valence-corrected chi connectivity index (χ4v) is 2.35. The van der Waals surface area contributed by atoms with Gasteiger partial charge in [0, 0.05) is 38.8 Å². The van der Waals surface area contributed by atoms with Gasteiger partial charge in [-0.1, -0.05) is 12.1 Å². The molecule has 2 rings (SSSR count). The zero-order chi connectivity index (χ0) is 16.8. The summed E-state index contributed by atoms with van der Waals surface area (Å²) in [7, 11) is 3.10. The van der Waals surface area contributed by atoms with Gasteiger partial charge < -0.3 is 15.1 Å². The third kappa shape index (κ3) is 4.42. The van der Waals surface area contributed by atoms with Crippen LogP contribution in [0.1, 0.15) is 18.4 Å². The number of amides is 3. The van der Waals surface area contributed by atoms with Gasteiger partial charge in [0.2, 0.25) is 17.7 Å². The minimum atomic E-state index is -0.243. The molecule has 0 spiro atoms. The summed E-state index contributed by atoms with van der Waals surface area (Å²) in [5, 5.41) is 2.47. The first kappa shape index (κ1) is 16.7. The van der Waals surface area contributed by atoms with Crippen LogP contribution in [-0.4, -0.2) is 49.8 Å². The van der Waals surface area contributed by atoms with Crippen LogP contribution in [0.4, 0.5) is 5.69 Å². The standard InChI is InChI=1S/C17H21N3O3/c1-18-15(21)12-19(2)16(22)10-7-13-5-8-14(9-6-13)20-11-3-4-17(20)23/h5-10H,3-4,11-12H2,1-2H3,(H,18,21)/b10-7+. The summed E-state index contributed by atoms with van der Waals surface area (Å²) < 4.78 is 0. The maximum absolute atomic E-state index is 11.9. The summed E-state index contributed by atoms with van der Waals surface area (Å²) in [6.45, 7) is 0.784. The monoisotopic (exact) mass is 315 g/mol. The molecular weight excluding hydrogens is 294 g/mol. The van der Waals surface area contributed by atoms with Gasteiger partial charge in [0.1, 0.15) is 0 Å². The summed E-state index contributed by atoms with van der Waals surface area (Å²) in [5.74, 6) is -0.305. The van der Waals surface area contributed by atoms with E-state index in [0.717, 1.165) is 24.2 Å². The van der Waals surface area contributed by atoms with Crippen LogP contribution in [0, 0.1) is 0 Å². The van der Waals surface area contributed by atoms with Crippen molar-refractivity contribution in [3.8, 4) is 0 Å².